The molecule has 1 aromatic carbocycles. The van der Waals surface area contributed by atoms with Crippen LogP contribution in [0.15, 0.2) is 29.2 Å². The van der Waals surface area contributed by atoms with Crippen LogP contribution in [0.2, 0.25) is 0 Å². The van der Waals surface area contributed by atoms with E-state index in [0.717, 1.165) is 12.0 Å². The molecule has 1 aliphatic carbocycles. The lowest BCUT2D eigenvalue weighted by Gasteiger charge is -2.50. The van der Waals surface area contributed by atoms with E-state index in [4.69, 9.17) is 5.73 Å². The zero-order chi connectivity index (χ0) is 14.4. The van der Waals surface area contributed by atoms with E-state index in [-0.39, 0.29) is 22.3 Å². The minimum absolute atomic E-state index is 0.0525. The maximum absolute atomic E-state index is 12.4. The number of nitrogens with two attached hydrogens (primary N) is 1. The molecule has 1 fully saturated rings. The Labute approximate surface area is 111 Å². The fraction of sp³-hybridized carbons (Fsp3) is 0.538. The van der Waals surface area contributed by atoms with Crippen LogP contribution in [0.5, 0.6) is 0 Å². The topological polar surface area (TPSA) is 60.2 Å². The summed E-state index contributed by atoms with van der Waals surface area (Å²) in [5.74, 6) is -3.14. The van der Waals surface area contributed by atoms with Gasteiger partial charge in [-0.15, -0.1) is 0 Å². The maximum atomic E-state index is 12.4. The highest BCUT2D eigenvalue weighted by Gasteiger charge is 2.46. The molecule has 0 aromatic heterocycles. The molecule has 106 valence electrons. The zero-order valence-corrected chi connectivity index (χ0v) is 11.6. The first-order valence-electron chi connectivity index (χ1n) is 6.05. The average molecular weight is 289 g/mol. The molecule has 2 N–H and O–H groups in total. The Balaban J connectivity index is 2.26. The molecule has 1 saturated carbocycles. The number of alkyl halides is 2. The Bertz CT molecular complexity index is 567. The van der Waals surface area contributed by atoms with Crippen molar-refractivity contribution in [3.63, 3.8) is 0 Å². The molecule has 1 aromatic rings. The van der Waals surface area contributed by atoms with Crippen LogP contribution in [0.1, 0.15) is 31.7 Å². The normalized spacial score (nSPS) is 26.2. The summed E-state index contributed by atoms with van der Waals surface area (Å²) >= 11 is 0. The third-order valence-corrected chi connectivity index (χ3v) is 5.59. The van der Waals surface area contributed by atoms with Gasteiger partial charge in [0.05, 0.1) is 4.90 Å². The highest BCUT2D eigenvalue weighted by Crippen LogP contribution is 2.51. The third-order valence-electron chi connectivity index (χ3n) is 4.19. The van der Waals surface area contributed by atoms with E-state index < -0.39 is 15.6 Å². The lowest BCUT2D eigenvalue weighted by atomic mass is 9.57. The molecular formula is C13H17F2NO2S. The summed E-state index contributed by atoms with van der Waals surface area (Å²) in [6.07, 6.45) is 0.827. The van der Waals surface area contributed by atoms with E-state index in [1.54, 1.807) is 12.1 Å². The molecule has 2 rings (SSSR count). The van der Waals surface area contributed by atoms with Crippen molar-refractivity contribution >= 4 is 9.84 Å². The second kappa shape index (κ2) is 4.52. The van der Waals surface area contributed by atoms with Crippen molar-refractivity contribution in [2.75, 3.05) is 0 Å². The number of benzene rings is 1. The number of sulfone groups is 1. The van der Waals surface area contributed by atoms with Crippen LogP contribution in [0, 0.1) is 5.41 Å². The maximum Gasteiger partial charge on any atom is 0.341 e. The fourth-order valence-corrected chi connectivity index (χ4v) is 3.24. The second-order valence-corrected chi connectivity index (χ2v) is 7.51. The highest BCUT2D eigenvalue weighted by atomic mass is 32.2. The molecule has 2 atom stereocenters. The van der Waals surface area contributed by atoms with Crippen molar-refractivity contribution in [3.8, 4) is 0 Å². The van der Waals surface area contributed by atoms with E-state index in [1.807, 2.05) is 0 Å². The van der Waals surface area contributed by atoms with Gasteiger partial charge in [0.1, 0.15) is 0 Å². The summed E-state index contributed by atoms with van der Waals surface area (Å²) in [6.45, 7) is 4.10. The zero-order valence-electron chi connectivity index (χ0n) is 10.8. The minimum Gasteiger partial charge on any atom is -0.327 e. The van der Waals surface area contributed by atoms with Crippen LogP contribution < -0.4 is 5.73 Å². The molecule has 0 spiro atoms. The molecule has 0 bridgehead atoms. The van der Waals surface area contributed by atoms with Crippen LogP contribution in [0.4, 0.5) is 8.78 Å². The molecule has 19 heavy (non-hydrogen) atoms. The van der Waals surface area contributed by atoms with Crippen LogP contribution in [-0.2, 0) is 9.84 Å². The van der Waals surface area contributed by atoms with Crippen LogP contribution in [-0.4, -0.2) is 20.2 Å². The lowest BCUT2D eigenvalue weighted by Crippen LogP contribution is -2.52. The van der Waals surface area contributed by atoms with Gasteiger partial charge >= 0.3 is 5.76 Å². The summed E-state index contributed by atoms with van der Waals surface area (Å²) in [4.78, 5) is -0.340. The Morgan fingerprint density at radius 2 is 1.79 bits per heavy atom. The predicted octanol–water partition coefficient (Wildman–Crippen LogP) is 2.52. The molecule has 0 heterocycles. The van der Waals surface area contributed by atoms with Crippen molar-refractivity contribution in [1.29, 1.82) is 0 Å². The smallest absolute Gasteiger partial charge is 0.327 e. The van der Waals surface area contributed by atoms with Gasteiger partial charge in [0.15, 0.2) is 0 Å². The number of hydrogen-bond acceptors (Lipinski definition) is 3. The monoisotopic (exact) mass is 289 g/mol. The number of halogens is 2. The molecule has 0 saturated heterocycles. The third kappa shape index (κ3) is 2.27. The van der Waals surface area contributed by atoms with Crippen LogP contribution >= 0.6 is 0 Å². The van der Waals surface area contributed by atoms with E-state index in [9.17, 15) is 17.2 Å². The summed E-state index contributed by atoms with van der Waals surface area (Å²) in [5, 5.41) is 0. The van der Waals surface area contributed by atoms with Gasteiger partial charge in [-0.2, -0.15) is 8.78 Å². The summed E-state index contributed by atoms with van der Waals surface area (Å²) < 4.78 is 47.4. The van der Waals surface area contributed by atoms with Gasteiger partial charge in [-0.05, 0) is 35.4 Å². The Kier molecular flexibility index (Phi) is 3.43. The van der Waals surface area contributed by atoms with Crippen LogP contribution in [0.3, 0.4) is 0 Å². The van der Waals surface area contributed by atoms with Crippen LogP contribution in [0.25, 0.3) is 0 Å². The minimum atomic E-state index is -4.51. The van der Waals surface area contributed by atoms with E-state index >= 15 is 0 Å². The van der Waals surface area contributed by atoms with E-state index in [0.29, 0.717) is 0 Å². The number of hydrogen-bond donors (Lipinski definition) is 1. The largest absolute Gasteiger partial charge is 0.341 e. The van der Waals surface area contributed by atoms with E-state index in [1.165, 1.54) is 12.1 Å². The van der Waals surface area contributed by atoms with Gasteiger partial charge in [-0.3, -0.25) is 0 Å². The standard InChI is InChI=1S/C13H17F2NO2S/c1-13(2)10(7-11(13)16)8-3-5-9(6-4-8)19(17,18)12(14)15/h3-6,10-12H,7,16H2,1-2H3. The first-order chi connectivity index (χ1) is 8.67. The number of rotatable bonds is 3. The van der Waals surface area contributed by atoms with Crippen molar-refractivity contribution in [1.82, 2.24) is 0 Å². The molecule has 0 radical (unpaired) electrons. The van der Waals surface area contributed by atoms with Gasteiger partial charge in [0.2, 0.25) is 9.84 Å². The molecular weight excluding hydrogens is 272 g/mol. The molecule has 1 aliphatic rings. The van der Waals surface area contributed by atoms with E-state index in [2.05, 4.69) is 13.8 Å². The summed E-state index contributed by atoms with van der Waals surface area (Å²) in [6, 6.07) is 5.82. The van der Waals surface area contributed by atoms with Crippen molar-refractivity contribution < 1.29 is 17.2 Å². The SMILES string of the molecule is CC1(C)C(N)CC1c1ccc(S(=O)(=O)C(F)F)cc1. The quantitative estimate of drug-likeness (QED) is 0.930. The summed E-state index contributed by atoms with van der Waals surface area (Å²) in [5.41, 5.74) is 6.82. The Hall–Kier alpha value is -1.01. The first-order valence-corrected chi connectivity index (χ1v) is 7.59. The van der Waals surface area contributed by atoms with Crippen molar-refractivity contribution in [2.24, 2.45) is 11.1 Å². The van der Waals surface area contributed by atoms with Gasteiger partial charge in [0, 0.05) is 6.04 Å². The van der Waals surface area contributed by atoms with Crippen molar-refractivity contribution in [3.05, 3.63) is 29.8 Å². The molecule has 2 unspecified atom stereocenters. The molecule has 0 amide bonds. The summed E-state index contributed by atoms with van der Waals surface area (Å²) in [7, 11) is -4.51. The average Bonchev–Trinajstić information content (AvgIpc) is 2.35. The van der Waals surface area contributed by atoms with Gasteiger partial charge in [-0.1, -0.05) is 26.0 Å². The molecule has 3 nitrogen and oxygen atoms in total. The predicted molar refractivity (Wildman–Crippen MR) is 68.7 cm³/mol. The van der Waals surface area contributed by atoms with Gasteiger partial charge < -0.3 is 5.73 Å². The lowest BCUT2D eigenvalue weighted by molar-refractivity contribution is 0.0983. The van der Waals surface area contributed by atoms with Gasteiger partial charge in [0.25, 0.3) is 0 Å². The fourth-order valence-electron chi connectivity index (χ4n) is 2.52. The Morgan fingerprint density at radius 1 is 1.26 bits per heavy atom. The second-order valence-electron chi connectivity index (χ2n) is 5.59. The molecule has 0 aliphatic heterocycles. The highest BCUT2D eigenvalue weighted by molar-refractivity contribution is 7.91. The first kappa shape index (κ1) is 14.4. The van der Waals surface area contributed by atoms with Crippen molar-refractivity contribution in [2.45, 2.75) is 42.9 Å². The van der Waals surface area contributed by atoms with Gasteiger partial charge in [-0.25, -0.2) is 8.42 Å². The molecule has 6 heteroatoms. The Morgan fingerprint density at radius 3 is 2.16 bits per heavy atom.